The summed E-state index contributed by atoms with van der Waals surface area (Å²) in [5.41, 5.74) is 2.11. The van der Waals surface area contributed by atoms with Gasteiger partial charge >= 0.3 is 6.03 Å². The highest BCUT2D eigenvalue weighted by Gasteiger charge is 2.52. The van der Waals surface area contributed by atoms with Crippen LogP contribution in [-0.4, -0.2) is 42.5 Å². The zero-order valence-electron chi connectivity index (χ0n) is 15.2. The molecule has 0 bridgehead atoms. The lowest BCUT2D eigenvalue weighted by Crippen LogP contribution is -3.13. The van der Waals surface area contributed by atoms with E-state index in [0.29, 0.717) is 6.42 Å². The molecule has 2 heterocycles. The van der Waals surface area contributed by atoms with Crippen LogP contribution in [-0.2, 0) is 15.1 Å². The fourth-order valence-electron chi connectivity index (χ4n) is 3.84. The van der Waals surface area contributed by atoms with E-state index in [1.165, 1.54) is 17.7 Å². The Morgan fingerprint density at radius 1 is 1.15 bits per heavy atom. The minimum atomic E-state index is -1.12. The maximum Gasteiger partial charge on any atom is 0.344 e. The van der Waals surface area contributed by atoms with E-state index in [9.17, 15) is 14.4 Å². The molecule has 0 aromatic heterocycles. The van der Waals surface area contributed by atoms with Crippen molar-refractivity contribution in [3.8, 4) is 0 Å². The van der Waals surface area contributed by atoms with Gasteiger partial charge in [-0.05, 0) is 37.7 Å². The van der Waals surface area contributed by atoms with Crippen LogP contribution in [0.5, 0.6) is 0 Å². The second-order valence-electron chi connectivity index (χ2n) is 7.07. The normalized spacial score (nSPS) is 24.3. The fourth-order valence-corrected chi connectivity index (χ4v) is 3.84. The van der Waals surface area contributed by atoms with E-state index in [0.717, 1.165) is 36.5 Å². The van der Waals surface area contributed by atoms with Crippen molar-refractivity contribution in [3.63, 3.8) is 0 Å². The molecule has 2 aliphatic rings. The van der Waals surface area contributed by atoms with Gasteiger partial charge < -0.3 is 10.2 Å². The van der Waals surface area contributed by atoms with E-state index in [4.69, 9.17) is 0 Å². The quantitative estimate of drug-likeness (QED) is 0.663. The van der Waals surface area contributed by atoms with Crippen molar-refractivity contribution in [2.75, 3.05) is 19.6 Å². The standard InChI is InChI=1S/C19H26N4O3/c1-2-19(15-10-6-5-7-11-15)17(25)23(18(26)20-19)21-16(24)14-22-12-8-3-4-9-13-22/h5-7,10-11H,2-4,8-9,12-14H2,1H3,(H,20,26)(H,21,24)/p+1/t19-/m0/s1. The zero-order valence-corrected chi connectivity index (χ0v) is 15.2. The van der Waals surface area contributed by atoms with Crippen molar-refractivity contribution >= 4 is 17.8 Å². The van der Waals surface area contributed by atoms with Crippen LogP contribution in [0.1, 0.15) is 44.6 Å². The third-order valence-electron chi connectivity index (χ3n) is 5.35. The van der Waals surface area contributed by atoms with E-state index >= 15 is 0 Å². The number of hydrogen-bond acceptors (Lipinski definition) is 3. The number of carbonyl (C=O) groups is 3. The summed E-state index contributed by atoms with van der Waals surface area (Å²) in [6.07, 6.45) is 5.03. The first-order valence-electron chi connectivity index (χ1n) is 9.42. The molecule has 0 unspecified atom stereocenters. The average Bonchev–Trinajstić information content (AvgIpc) is 2.82. The zero-order chi connectivity index (χ0) is 18.6. The van der Waals surface area contributed by atoms with E-state index in [1.54, 1.807) is 0 Å². The molecule has 1 aromatic carbocycles. The maximum atomic E-state index is 13.0. The van der Waals surface area contributed by atoms with Gasteiger partial charge in [-0.15, -0.1) is 0 Å². The smallest absolute Gasteiger partial charge is 0.327 e. The third-order valence-corrected chi connectivity index (χ3v) is 5.35. The number of hydrogen-bond donors (Lipinski definition) is 3. The topological polar surface area (TPSA) is 83.0 Å². The number of amides is 4. The second kappa shape index (κ2) is 7.86. The molecule has 0 spiro atoms. The van der Waals surface area contributed by atoms with Crippen molar-refractivity contribution in [1.29, 1.82) is 0 Å². The van der Waals surface area contributed by atoms with Crippen LogP contribution >= 0.6 is 0 Å². The molecule has 1 aromatic rings. The van der Waals surface area contributed by atoms with Crippen LogP contribution in [0.3, 0.4) is 0 Å². The van der Waals surface area contributed by atoms with Gasteiger partial charge in [0, 0.05) is 0 Å². The Labute approximate surface area is 153 Å². The SMILES string of the molecule is CC[C@@]1(c2ccccc2)NC(=O)N(NC(=O)C[NH+]2CCCCCC2)C1=O. The number of rotatable bonds is 5. The lowest BCUT2D eigenvalue weighted by atomic mass is 9.87. The number of urea groups is 1. The molecule has 140 valence electrons. The predicted octanol–water partition coefficient (Wildman–Crippen LogP) is 0.334. The molecule has 0 saturated carbocycles. The molecule has 2 aliphatic heterocycles. The van der Waals surface area contributed by atoms with Gasteiger partial charge in [-0.1, -0.05) is 37.3 Å². The van der Waals surface area contributed by atoms with Crippen molar-refractivity contribution in [2.45, 2.75) is 44.6 Å². The summed E-state index contributed by atoms with van der Waals surface area (Å²) in [5.74, 6) is -0.735. The number of hydrazine groups is 1. The number of carbonyl (C=O) groups excluding carboxylic acids is 3. The molecule has 3 rings (SSSR count). The summed E-state index contributed by atoms with van der Waals surface area (Å²) < 4.78 is 0. The van der Waals surface area contributed by atoms with Gasteiger partial charge in [0.25, 0.3) is 11.8 Å². The number of imide groups is 1. The predicted molar refractivity (Wildman–Crippen MR) is 96.0 cm³/mol. The van der Waals surface area contributed by atoms with Gasteiger partial charge in [-0.3, -0.25) is 15.0 Å². The lowest BCUT2D eigenvalue weighted by Gasteiger charge is -2.25. The van der Waals surface area contributed by atoms with E-state index in [2.05, 4.69) is 10.7 Å². The second-order valence-corrected chi connectivity index (χ2v) is 7.07. The minimum absolute atomic E-state index is 0.279. The fraction of sp³-hybridized carbons (Fsp3) is 0.526. The van der Waals surface area contributed by atoms with Crippen LogP contribution in [0.2, 0.25) is 0 Å². The molecular weight excluding hydrogens is 332 g/mol. The number of nitrogens with one attached hydrogen (secondary N) is 3. The summed E-state index contributed by atoms with van der Waals surface area (Å²) in [4.78, 5) is 39.0. The summed E-state index contributed by atoms with van der Waals surface area (Å²) in [5, 5.41) is 3.61. The largest absolute Gasteiger partial charge is 0.344 e. The molecule has 1 atom stereocenters. The molecule has 3 N–H and O–H groups in total. The van der Waals surface area contributed by atoms with E-state index in [1.807, 2.05) is 37.3 Å². The maximum absolute atomic E-state index is 13.0. The van der Waals surface area contributed by atoms with Crippen LogP contribution in [0.15, 0.2) is 30.3 Å². The van der Waals surface area contributed by atoms with Gasteiger partial charge in [0.05, 0.1) is 13.1 Å². The first kappa shape index (κ1) is 18.4. The number of nitrogens with zero attached hydrogens (tertiary/aromatic N) is 1. The van der Waals surface area contributed by atoms with Gasteiger partial charge in [-0.25, -0.2) is 4.79 Å². The number of likely N-dealkylation sites (tertiary alicyclic amines) is 1. The van der Waals surface area contributed by atoms with Crippen LogP contribution in [0.4, 0.5) is 4.79 Å². The van der Waals surface area contributed by atoms with Crippen molar-refractivity contribution in [3.05, 3.63) is 35.9 Å². The molecule has 7 heteroatoms. The Morgan fingerprint density at radius 2 is 1.81 bits per heavy atom. The first-order valence-corrected chi connectivity index (χ1v) is 9.42. The highest BCUT2D eigenvalue weighted by molar-refractivity contribution is 6.08. The van der Waals surface area contributed by atoms with Gasteiger partial charge in [0.2, 0.25) is 0 Å². The van der Waals surface area contributed by atoms with Gasteiger partial charge in [0.15, 0.2) is 6.54 Å². The molecular formula is C19H27N4O3+. The molecule has 26 heavy (non-hydrogen) atoms. The van der Waals surface area contributed by atoms with Gasteiger partial charge in [-0.2, -0.15) is 5.01 Å². The third kappa shape index (κ3) is 3.58. The summed E-state index contributed by atoms with van der Waals surface area (Å²) in [6, 6.07) is 8.56. The average molecular weight is 359 g/mol. The van der Waals surface area contributed by atoms with Crippen LogP contribution < -0.4 is 15.6 Å². The van der Waals surface area contributed by atoms with Crippen LogP contribution in [0.25, 0.3) is 0 Å². The summed E-state index contributed by atoms with van der Waals surface area (Å²) in [6.45, 7) is 4.03. The van der Waals surface area contributed by atoms with Crippen molar-refractivity contribution in [2.24, 2.45) is 0 Å². The highest BCUT2D eigenvalue weighted by Crippen LogP contribution is 2.31. The van der Waals surface area contributed by atoms with Crippen LogP contribution in [0, 0.1) is 0 Å². The molecule has 7 nitrogen and oxygen atoms in total. The van der Waals surface area contributed by atoms with Gasteiger partial charge in [0.1, 0.15) is 5.54 Å². The summed E-state index contributed by atoms with van der Waals surface area (Å²) >= 11 is 0. The highest BCUT2D eigenvalue weighted by atomic mass is 16.2. The number of quaternary nitrogens is 1. The Hall–Kier alpha value is -2.41. The molecule has 0 radical (unpaired) electrons. The monoisotopic (exact) mass is 359 g/mol. The lowest BCUT2D eigenvalue weighted by molar-refractivity contribution is -0.891. The molecule has 4 amide bonds. The molecule has 0 aliphatic carbocycles. The minimum Gasteiger partial charge on any atom is -0.327 e. The van der Waals surface area contributed by atoms with Crippen molar-refractivity contribution < 1.29 is 19.3 Å². The van der Waals surface area contributed by atoms with Crippen molar-refractivity contribution in [1.82, 2.24) is 15.8 Å². The summed E-state index contributed by atoms with van der Waals surface area (Å²) in [7, 11) is 0. The Bertz CT molecular complexity index is 671. The van der Waals surface area contributed by atoms with E-state index in [-0.39, 0.29) is 12.5 Å². The number of benzene rings is 1. The Morgan fingerprint density at radius 3 is 2.42 bits per heavy atom. The molecule has 2 fully saturated rings. The van der Waals surface area contributed by atoms with E-state index < -0.39 is 17.5 Å². The Balaban J connectivity index is 1.69. The Kier molecular flexibility index (Phi) is 5.56. The first-order chi connectivity index (χ1) is 12.6. The molecule has 2 saturated heterocycles.